The molecule has 0 atom stereocenters. The van der Waals surface area contributed by atoms with E-state index in [9.17, 15) is 4.79 Å². The van der Waals surface area contributed by atoms with Crippen molar-refractivity contribution in [2.24, 2.45) is 0 Å². The minimum absolute atomic E-state index is 0.177. The maximum absolute atomic E-state index is 12.2. The molecule has 0 radical (unpaired) electrons. The predicted molar refractivity (Wildman–Crippen MR) is 113 cm³/mol. The minimum Gasteiger partial charge on any atom is -0.306 e. The third-order valence-corrected chi connectivity index (χ3v) is 5.22. The van der Waals surface area contributed by atoms with E-state index in [1.54, 1.807) is 23.7 Å². The highest BCUT2D eigenvalue weighted by Crippen LogP contribution is 2.21. The van der Waals surface area contributed by atoms with Crippen molar-refractivity contribution in [3.63, 3.8) is 0 Å². The minimum atomic E-state index is -0.177. The lowest BCUT2D eigenvalue weighted by Gasteiger charge is -2.16. The average molecular weight is 388 g/mol. The van der Waals surface area contributed by atoms with Gasteiger partial charge in [-0.1, -0.05) is 24.3 Å². The lowest BCUT2D eigenvalue weighted by Crippen LogP contribution is -2.16. The van der Waals surface area contributed by atoms with Crippen LogP contribution in [-0.2, 0) is 13.1 Å². The number of benzene rings is 1. The molecule has 4 rings (SSSR count). The van der Waals surface area contributed by atoms with Gasteiger partial charge in [0.1, 0.15) is 5.82 Å². The lowest BCUT2D eigenvalue weighted by atomic mass is 10.1. The number of hydrogen-bond donors (Lipinski definition) is 1. The smallest absolute Gasteiger partial charge is 0.251 e. The van der Waals surface area contributed by atoms with Gasteiger partial charge in [-0.15, -0.1) is 11.3 Å². The molecule has 0 aliphatic heterocycles. The van der Waals surface area contributed by atoms with Crippen molar-refractivity contribution in [3.8, 4) is 22.6 Å². The second-order valence-corrected chi connectivity index (χ2v) is 7.71. The van der Waals surface area contributed by atoms with Gasteiger partial charge in [-0.25, -0.2) is 4.98 Å². The molecule has 5 nitrogen and oxygen atoms in total. The standard InChI is InChI=1S/C22H20N4OS/c1-26(15-19-8-4-10-28-19)14-16-5-2-6-17(11-16)22-24-20(12-21(27)25-22)18-7-3-9-23-13-18/h2-13H,14-15H2,1H3,(H,24,25,27). The fourth-order valence-corrected chi connectivity index (χ4v) is 3.89. The van der Waals surface area contributed by atoms with Crippen LogP contribution in [-0.4, -0.2) is 26.9 Å². The van der Waals surface area contributed by atoms with Crippen LogP contribution in [0.5, 0.6) is 0 Å². The Balaban J connectivity index is 1.59. The first kappa shape index (κ1) is 18.3. The molecule has 0 fully saturated rings. The summed E-state index contributed by atoms with van der Waals surface area (Å²) in [6.07, 6.45) is 3.41. The number of nitrogens with one attached hydrogen (secondary N) is 1. The second-order valence-electron chi connectivity index (χ2n) is 6.67. The molecule has 6 heteroatoms. The zero-order valence-electron chi connectivity index (χ0n) is 15.5. The zero-order valence-corrected chi connectivity index (χ0v) is 16.3. The molecule has 4 aromatic rings. The molecule has 0 saturated heterocycles. The summed E-state index contributed by atoms with van der Waals surface area (Å²) < 4.78 is 0. The molecule has 0 amide bonds. The Kier molecular flexibility index (Phi) is 5.41. The SMILES string of the molecule is CN(Cc1cccc(-c2nc(-c3cccnc3)cc(=O)[nH]2)c1)Cc1cccs1. The Bertz CT molecular complexity index is 1110. The molecule has 3 heterocycles. The normalized spacial score (nSPS) is 11.1. The molecule has 28 heavy (non-hydrogen) atoms. The van der Waals surface area contributed by atoms with Gasteiger partial charge >= 0.3 is 0 Å². The van der Waals surface area contributed by atoms with E-state index in [1.165, 1.54) is 16.5 Å². The van der Waals surface area contributed by atoms with Crippen LogP contribution in [0.3, 0.4) is 0 Å². The summed E-state index contributed by atoms with van der Waals surface area (Å²) in [6.45, 7) is 1.73. The van der Waals surface area contributed by atoms with E-state index in [4.69, 9.17) is 0 Å². The lowest BCUT2D eigenvalue weighted by molar-refractivity contribution is 0.322. The molecule has 3 aromatic heterocycles. The van der Waals surface area contributed by atoms with E-state index in [1.807, 2.05) is 24.3 Å². The maximum Gasteiger partial charge on any atom is 0.251 e. The Morgan fingerprint density at radius 2 is 1.93 bits per heavy atom. The molecule has 0 aliphatic rings. The van der Waals surface area contributed by atoms with Gasteiger partial charge in [0.15, 0.2) is 0 Å². The molecule has 0 bridgehead atoms. The van der Waals surface area contributed by atoms with E-state index >= 15 is 0 Å². The van der Waals surface area contributed by atoms with Crippen molar-refractivity contribution in [2.45, 2.75) is 13.1 Å². The van der Waals surface area contributed by atoms with E-state index in [2.05, 4.69) is 56.5 Å². The summed E-state index contributed by atoms with van der Waals surface area (Å²) >= 11 is 1.77. The summed E-state index contributed by atoms with van der Waals surface area (Å²) in [5, 5.41) is 2.10. The molecule has 0 spiro atoms. The van der Waals surface area contributed by atoms with Crippen molar-refractivity contribution >= 4 is 11.3 Å². The fraction of sp³-hybridized carbons (Fsp3) is 0.136. The van der Waals surface area contributed by atoms with Gasteiger partial charge in [0.05, 0.1) is 5.69 Å². The molecule has 0 aliphatic carbocycles. The number of pyridine rings is 1. The van der Waals surface area contributed by atoms with Crippen LogP contribution in [0.4, 0.5) is 0 Å². The maximum atomic E-state index is 12.2. The molecule has 1 N–H and O–H groups in total. The topological polar surface area (TPSA) is 61.9 Å². The summed E-state index contributed by atoms with van der Waals surface area (Å²) in [4.78, 5) is 27.4. The number of nitrogens with zero attached hydrogens (tertiary/aromatic N) is 3. The van der Waals surface area contributed by atoms with Crippen molar-refractivity contribution < 1.29 is 0 Å². The first-order valence-electron chi connectivity index (χ1n) is 8.99. The first-order valence-corrected chi connectivity index (χ1v) is 9.87. The van der Waals surface area contributed by atoms with Gasteiger partial charge < -0.3 is 4.98 Å². The Morgan fingerprint density at radius 3 is 2.71 bits per heavy atom. The van der Waals surface area contributed by atoms with Crippen LogP contribution in [0.2, 0.25) is 0 Å². The van der Waals surface area contributed by atoms with Crippen molar-refractivity contribution in [1.29, 1.82) is 0 Å². The van der Waals surface area contributed by atoms with E-state index in [0.717, 1.165) is 24.2 Å². The van der Waals surface area contributed by atoms with Crippen molar-refractivity contribution in [1.82, 2.24) is 19.9 Å². The number of thiophene rings is 1. The summed E-state index contributed by atoms with van der Waals surface area (Å²) in [7, 11) is 2.11. The van der Waals surface area contributed by atoms with Gasteiger partial charge in [-0.05, 0) is 42.3 Å². The quantitative estimate of drug-likeness (QED) is 0.538. The first-order chi connectivity index (χ1) is 13.7. The van der Waals surface area contributed by atoms with E-state index < -0.39 is 0 Å². The highest BCUT2D eigenvalue weighted by molar-refractivity contribution is 7.09. The molecule has 1 aromatic carbocycles. The van der Waals surface area contributed by atoms with Crippen LogP contribution in [0, 0.1) is 0 Å². The van der Waals surface area contributed by atoms with Crippen LogP contribution in [0.1, 0.15) is 10.4 Å². The highest BCUT2D eigenvalue weighted by atomic mass is 32.1. The van der Waals surface area contributed by atoms with Crippen LogP contribution >= 0.6 is 11.3 Å². The summed E-state index contributed by atoms with van der Waals surface area (Å²) in [6, 6.07) is 17.6. The average Bonchev–Trinajstić information content (AvgIpc) is 3.21. The molecular weight excluding hydrogens is 368 g/mol. The Hall–Kier alpha value is -3.09. The van der Waals surface area contributed by atoms with Gasteiger partial charge in [0, 0.05) is 47.6 Å². The van der Waals surface area contributed by atoms with Gasteiger partial charge in [-0.2, -0.15) is 0 Å². The van der Waals surface area contributed by atoms with Gasteiger partial charge in [-0.3, -0.25) is 14.7 Å². The van der Waals surface area contributed by atoms with Gasteiger partial charge in [0.25, 0.3) is 5.56 Å². The molecule has 0 unspecified atom stereocenters. The highest BCUT2D eigenvalue weighted by Gasteiger charge is 2.08. The Morgan fingerprint density at radius 1 is 1.04 bits per heavy atom. The van der Waals surface area contributed by atoms with Crippen LogP contribution < -0.4 is 5.56 Å². The van der Waals surface area contributed by atoms with Crippen LogP contribution in [0.15, 0.2) is 77.2 Å². The largest absolute Gasteiger partial charge is 0.306 e. The molecule has 0 saturated carbocycles. The summed E-state index contributed by atoms with van der Waals surface area (Å²) in [5.74, 6) is 0.564. The third-order valence-electron chi connectivity index (χ3n) is 4.36. The number of rotatable bonds is 6. The number of hydrogen-bond acceptors (Lipinski definition) is 5. The number of aromatic amines is 1. The fourth-order valence-electron chi connectivity index (χ4n) is 3.11. The second kappa shape index (κ2) is 8.29. The van der Waals surface area contributed by atoms with E-state index in [0.29, 0.717) is 11.5 Å². The van der Waals surface area contributed by atoms with Crippen molar-refractivity contribution in [3.05, 3.63) is 93.2 Å². The summed E-state index contributed by atoms with van der Waals surface area (Å²) in [5.41, 5.74) is 3.33. The Labute approximate surface area is 167 Å². The monoisotopic (exact) mass is 388 g/mol. The van der Waals surface area contributed by atoms with Crippen LogP contribution in [0.25, 0.3) is 22.6 Å². The number of H-pyrrole nitrogens is 1. The van der Waals surface area contributed by atoms with Gasteiger partial charge in [0.2, 0.25) is 0 Å². The number of aromatic nitrogens is 3. The molecular formula is C22H20N4OS. The van der Waals surface area contributed by atoms with E-state index in [-0.39, 0.29) is 5.56 Å². The van der Waals surface area contributed by atoms with Crippen molar-refractivity contribution in [2.75, 3.05) is 7.05 Å². The third kappa shape index (κ3) is 4.42. The zero-order chi connectivity index (χ0) is 19.3. The predicted octanol–water partition coefficient (Wildman–Crippen LogP) is 4.19. The molecule has 140 valence electrons.